The molecule has 0 aromatic heterocycles. The Morgan fingerprint density at radius 1 is 1.09 bits per heavy atom. The van der Waals surface area contributed by atoms with Crippen LogP contribution in [0.5, 0.6) is 5.75 Å². The van der Waals surface area contributed by atoms with E-state index in [2.05, 4.69) is 4.72 Å². The highest BCUT2D eigenvalue weighted by atomic mass is 35.5. The molecule has 0 saturated carbocycles. The Hall–Kier alpha value is -3.55. The van der Waals surface area contributed by atoms with Gasteiger partial charge in [0.15, 0.2) is 11.6 Å². The maximum absolute atomic E-state index is 14.0. The Balaban J connectivity index is 1.37. The quantitative estimate of drug-likeness (QED) is 0.213. The second kappa shape index (κ2) is 14.3. The van der Waals surface area contributed by atoms with Crippen LogP contribution in [0.1, 0.15) is 30.4 Å². The van der Waals surface area contributed by atoms with Crippen LogP contribution < -0.4 is 15.2 Å². The first-order valence-corrected chi connectivity index (χ1v) is 15.4. The van der Waals surface area contributed by atoms with Crippen LogP contribution in [0, 0.1) is 5.82 Å². The number of hydrogen-bond donors (Lipinski definition) is 3. The maximum atomic E-state index is 14.0. The topological polar surface area (TPSA) is 154 Å². The maximum Gasteiger partial charge on any atom is 0.328 e. The van der Waals surface area contributed by atoms with Crippen LogP contribution in [0.2, 0.25) is 5.02 Å². The Labute approximate surface area is 253 Å². The van der Waals surface area contributed by atoms with Crippen LogP contribution in [-0.4, -0.2) is 56.4 Å². The minimum atomic E-state index is -4.46. The fourth-order valence-electron chi connectivity index (χ4n) is 4.80. The van der Waals surface area contributed by atoms with Gasteiger partial charge in [-0.3, -0.25) is 9.59 Å². The Kier molecular flexibility index (Phi) is 10.7. The molecule has 1 aliphatic heterocycles. The molecular formula is C30H32ClFN2O8S. The van der Waals surface area contributed by atoms with E-state index in [0.29, 0.717) is 26.1 Å². The van der Waals surface area contributed by atoms with Gasteiger partial charge in [0, 0.05) is 23.6 Å². The molecule has 0 aliphatic carbocycles. The Morgan fingerprint density at radius 2 is 1.81 bits per heavy atom. The largest absolute Gasteiger partial charge is 0.489 e. The second-order valence-corrected chi connectivity index (χ2v) is 12.2. The zero-order valence-corrected chi connectivity index (χ0v) is 24.7. The summed E-state index contributed by atoms with van der Waals surface area (Å²) in [5.74, 6) is -3.01. The average molecular weight is 635 g/mol. The van der Waals surface area contributed by atoms with Crippen LogP contribution in [0.25, 0.3) is 0 Å². The van der Waals surface area contributed by atoms with Gasteiger partial charge in [0.25, 0.3) is 0 Å². The number of hydrogen-bond acceptors (Lipinski definition) is 7. The van der Waals surface area contributed by atoms with Crippen molar-refractivity contribution in [1.82, 2.24) is 4.72 Å². The van der Waals surface area contributed by atoms with Crippen molar-refractivity contribution < 1.29 is 41.7 Å². The summed E-state index contributed by atoms with van der Waals surface area (Å²) in [6.45, 7) is 0.742. The van der Waals surface area contributed by atoms with E-state index in [9.17, 15) is 27.5 Å². The van der Waals surface area contributed by atoms with E-state index in [1.54, 1.807) is 0 Å². The van der Waals surface area contributed by atoms with Gasteiger partial charge in [0.1, 0.15) is 18.2 Å². The first-order chi connectivity index (χ1) is 20.5. The number of nitrogens with two attached hydrogens (primary N) is 1. The van der Waals surface area contributed by atoms with Crippen molar-refractivity contribution in [2.24, 2.45) is 5.73 Å². The van der Waals surface area contributed by atoms with Crippen LogP contribution in [0.15, 0.2) is 77.7 Å². The number of ether oxygens (including phenoxy) is 3. The second-order valence-electron chi connectivity index (χ2n) is 10.1. The van der Waals surface area contributed by atoms with Gasteiger partial charge in [0.2, 0.25) is 15.9 Å². The molecule has 13 heteroatoms. The van der Waals surface area contributed by atoms with Crippen molar-refractivity contribution >= 4 is 33.5 Å². The van der Waals surface area contributed by atoms with E-state index < -0.39 is 45.5 Å². The predicted molar refractivity (Wildman–Crippen MR) is 156 cm³/mol. The number of carboxylic acids is 1. The fraction of sp³-hybridized carbons (Fsp3) is 0.333. The van der Waals surface area contributed by atoms with E-state index in [1.807, 2.05) is 30.3 Å². The van der Waals surface area contributed by atoms with Gasteiger partial charge in [-0.15, -0.1) is 0 Å². The lowest BCUT2D eigenvalue weighted by atomic mass is 9.89. The number of carbonyl (C=O) groups excluding carboxylic acids is 1. The number of carboxylic acid groups (broad SMARTS) is 1. The van der Waals surface area contributed by atoms with E-state index in [4.69, 9.17) is 31.5 Å². The Morgan fingerprint density at radius 3 is 2.47 bits per heavy atom. The molecule has 1 aliphatic rings. The molecule has 1 amide bonds. The molecule has 4 rings (SSSR count). The molecule has 4 N–H and O–H groups in total. The standard InChI is InChI=1S/C30H32ClFN2O8S/c31-22-9-8-21(26(32)17-22)19-41-23-10-12-25(13-11-23)43(38,39)34-30(29(36)37)18-24(42-27(30)28(33)35)7-4-15-40-16-14-20-5-2-1-3-6-20/h1-3,5-6,8-13,17,24,27,34H,4,7,14-16,18-19H2,(H2,33,35)(H,36,37). The van der Waals surface area contributed by atoms with Crippen LogP contribution in [-0.2, 0) is 42.1 Å². The molecule has 10 nitrogen and oxygen atoms in total. The lowest BCUT2D eigenvalue weighted by Gasteiger charge is -2.28. The number of benzene rings is 3. The highest BCUT2D eigenvalue weighted by Gasteiger charge is 2.59. The van der Waals surface area contributed by atoms with Gasteiger partial charge in [-0.2, -0.15) is 4.72 Å². The molecule has 3 unspecified atom stereocenters. The molecule has 1 fully saturated rings. The van der Waals surface area contributed by atoms with Gasteiger partial charge in [-0.05, 0) is 61.2 Å². The Bertz CT molecular complexity index is 1520. The smallest absolute Gasteiger partial charge is 0.328 e. The summed E-state index contributed by atoms with van der Waals surface area (Å²) in [7, 11) is -4.46. The van der Waals surface area contributed by atoms with Crippen molar-refractivity contribution in [2.45, 2.75) is 54.9 Å². The molecule has 3 aromatic carbocycles. The van der Waals surface area contributed by atoms with Crippen molar-refractivity contribution in [1.29, 1.82) is 0 Å². The monoisotopic (exact) mass is 634 g/mol. The van der Waals surface area contributed by atoms with Crippen LogP contribution in [0.4, 0.5) is 4.39 Å². The van der Waals surface area contributed by atoms with Crippen LogP contribution in [0.3, 0.4) is 0 Å². The molecule has 0 bridgehead atoms. The third-order valence-electron chi connectivity index (χ3n) is 7.02. The minimum Gasteiger partial charge on any atom is -0.489 e. The third kappa shape index (κ3) is 8.30. The summed E-state index contributed by atoms with van der Waals surface area (Å²) in [6.07, 6.45) is -1.24. The van der Waals surface area contributed by atoms with Crippen molar-refractivity contribution in [2.75, 3.05) is 13.2 Å². The summed E-state index contributed by atoms with van der Waals surface area (Å²) >= 11 is 5.76. The third-order valence-corrected chi connectivity index (χ3v) is 8.78. The fourth-order valence-corrected chi connectivity index (χ4v) is 6.33. The highest BCUT2D eigenvalue weighted by molar-refractivity contribution is 7.89. The van der Waals surface area contributed by atoms with Crippen molar-refractivity contribution in [3.05, 3.63) is 94.8 Å². The van der Waals surface area contributed by atoms with Gasteiger partial charge in [-0.1, -0.05) is 48.0 Å². The molecule has 43 heavy (non-hydrogen) atoms. The van der Waals surface area contributed by atoms with Gasteiger partial charge in [-0.25, -0.2) is 12.8 Å². The van der Waals surface area contributed by atoms with Gasteiger partial charge in [0.05, 0.1) is 17.6 Å². The molecule has 3 atom stereocenters. The number of rotatable bonds is 15. The summed E-state index contributed by atoms with van der Waals surface area (Å²) in [5, 5.41) is 10.4. The average Bonchev–Trinajstić information content (AvgIpc) is 3.34. The molecule has 0 spiro atoms. The molecule has 3 aromatic rings. The minimum absolute atomic E-state index is 0.132. The summed E-state index contributed by atoms with van der Waals surface area (Å²) in [5.41, 5.74) is 4.54. The number of nitrogens with one attached hydrogen (secondary N) is 1. The van der Waals surface area contributed by atoms with Crippen molar-refractivity contribution in [3.63, 3.8) is 0 Å². The van der Waals surface area contributed by atoms with E-state index in [1.165, 1.54) is 36.4 Å². The lowest BCUT2D eigenvalue weighted by molar-refractivity contribution is -0.150. The van der Waals surface area contributed by atoms with E-state index in [-0.39, 0.29) is 34.3 Å². The molecule has 1 saturated heterocycles. The number of amides is 1. The molecular weight excluding hydrogens is 603 g/mol. The first-order valence-electron chi connectivity index (χ1n) is 13.5. The number of primary amides is 1. The SMILES string of the molecule is NC(=O)C1OC(CCCOCCc2ccccc2)CC1(NS(=O)(=O)c1ccc(OCc2ccc(Cl)cc2F)cc1)C(=O)O. The van der Waals surface area contributed by atoms with Crippen molar-refractivity contribution in [3.8, 4) is 5.75 Å². The highest BCUT2D eigenvalue weighted by Crippen LogP contribution is 2.35. The summed E-state index contributed by atoms with van der Waals surface area (Å²) in [4.78, 5) is 24.4. The van der Waals surface area contributed by atoms with E-state index >= 15 is 0 Å². The predicted octanol–water partition coefficient (Wildman–Crippen LogP) is 3.84. The first kappa shape index (κ1) is 32.4. The number of sulfonamides is 1. The number of carbonyl (C=O) groups is 2. The summed E-state index contributed by atoms with van der Waals surface area (Å²) in [6, 6.07) is 19.0. The lowest BCUT2D eigenvalue weighted by Crippen LogP contribution is -2.62. The summed E-state index contributed by atoms with van der Waals surface area (Å²) < 4.78 is 59.6. The zero-order chi connectivity index (χ0) is 31.0. The molecule has 1 heterocycles. The zero-order valence-electron chi connectivity index (χ0n) is 23.1. The molecule has 0 radical (unpaired) electrons. The molecule has 230 valence electrons. The van der Waals surface area contributed by atoms with E-state index in [0.717, 1.165) is 18.1 Å². The number of halogens is 2. The number of aliphatic carboxylic acids is 1. The van der Waals surface area contributed by atoms with Gasteiger partial charge < -0.3 is 25.1 Å². The van der Waals surface area contributed by atoms with Crippen LogP contribution >= 0.6 is 11.6 Å². The van der Waals surface area contributed by atoms with Gasteiger partial charge >= 0.3 is 5.97 Å². The normalized spacial score (nSPS) is 20.1.